The molecule has 0 amide bonds. The summed E-state index contributed by atoms with van der Waals surface area (Å²) < 4.78 is 48.1. The Kier molecular flexibility index (Phi) is 8.74. The van der Waals surface area contributed by atoms with Gasteiger partial charge in [-0.15, -0.1) is 0 Å². The molecule has 156 valence electrons. The van der Waals surface area contributed by atoms with Crippen molar-refractivity contribution in [2.45, 2.75) is 31.8 Å². The number of cyclic esters (lactones) is 1. The van der Waals surface area contributed by atoms with Crippen molar-refractivity contribution in [1.29, 1.82) is 0 Å². The summed E-state index contributed by atoms with van der Waals surface area (Å²) in [4.78, 5) is 12.2. The second-order valence-electron chi connectivity index (χ2n) is 6.21. The van der Waals surface area contributed by atoms with E-state index in [1.807, 2.05) is 0 Å². The molecule has 27 heavy (non-hydrogen) atoms. The van der Waals surface area contributed by atoms with Gasteiger partial charge in [0.2, 0.25) is 5.76 Å². The number of ether oxygens (including phenoxy) is 9. The molecule has 0 saturated carbocycles. The number of rotatable bonds is 13. The van der Waals surface area contributed by atoms with Gasteiger partial charge < -0.3 is 42.6 Å². The van der Waals surface area contributed by atoms with E-state index in [0.29, 0.717) is 26.4 Å². The van der Waals surface area contributed by atoms with Crippen molar-refractivity contribution in [2.75, 3.05) is 60.8 Å². The molecule has 10 nitrogen and oxygen atoms in total. The SMILES string of the molecule is COCCOCOC1=C(OCOCCOC)[C@@H]([C@@H]2COC(C)(C)O2)OC1=O. The fraction of sp³-hybridized carbons (Fsp3) is 0.824. The van der Waals surface area contributed by atoms with Gasteiger partial charge in [-0.1, -0.05) is 0 Å². The van der Waals surface area contributed by atoms with Gasteiger partial charge in [-0.25, -0.2) is 4.79 Å². The van der Waals surface area contributed by atoms with Crippen LogP contribution in [0.25, 0.3) is 0 Å². The number of hydrogen-bond acceptors (Lipinski definition) is 10. The van der Waals surface area contributed by atoms with Crippen LogP contribution in [0.1, 0.15) is 13.8 Å². The normalized spacial score (nSPS) is 24.4. The first-order valence-corrected chi connectivity index (χ1v) is 8.64. The first-order chi connectivity index (χ1) is 13.0. The zero-order valence-corrected chi connectivity index (χ0v) is 16.2. The number of esters is 1. The van der Waals surface area contributed by atoms with E-state index in [9.17, 15) is 4.79 Å². The molecule has 0 unspecified atom stereocenters. The molecule has 2 atom stereocenters. The molecule has 0 aromatic carbocycles. The molecule has 0 spiro atoms. The van der Waals surface area contributed by atoms with Crippen LogP contribution in [0, 0.1) is 0 Å². The Morgan fingerprint density at radius 3 is 2.19 bits per heavy atom. The molecular formula is C17H28O10. The van der Waals surface area contributed by atoms with E-state index in [0.717, 1.165) is 0 Å². The number of hydrogen-bond donors (Lipinski definition) is 0. The predicted octanol–water partition coefficient (Wildman–Crippen LogP) is 0.549. The van der Waals surface area contributed by atoms with Gasteiger partial charge in [0.1, 0.15) is 6.10 Å². The van der Waals surface area contributed by atoms with E-state index >= 15 is 0 Å². The van der Waals surface area contributed by atoms with Gasteiger partial charge in [-0.3, -0.25) is 0 Å². The van der Waals surface area contributed by atoms with Gasteiger partial charge in [-0.2, -0.15) is 0 Å². The molecule has 0 aromatic rings. The minimum Gasteiger partial charge on any atom is -0.464 e. The molecule has 0 radical (unpaired) electrons. The third-order valence-electron chi connectivity index (χ3n) is 3.72. The topological polar surface area (TPSA) is 100 Å². The number of carbonyl (C=O) groups is 1. The molecule has 1 fully saturated rings. The van der Waals surface area contributed by atoms with Crippen LogP contribution < -0.4 is 0 Å². The maximum absolute atomic E-state index is 12.2. The van der Waals surface area contributed by atoms with Crippen molar-refractivity contribution >= 4 is 5.97 Å². The van der Waals surface area contributed by atoms with Crippen molar-refractivity contribution in [3.8, 4) is 0 Å². The summed E-state index contributed by atoms with van der Waals surface area (Å²) in [6, 6.07) is 0. The summed E-state index contributed by atoms with van der Waals surface area (Å²) in [6.45, 7) is 5.07. The van der Waals surface area contributed by atoms with Gasteiger partial charge in [-0.05, 0) is 13.8 Å². The van der Waals surface area contributed by atoms with E-state index in [2.05, 4.69) is 0 Å². The van der Waals surface area contributed by atoms with E-state index < -0.39 is 24.0 Å². The fourth-order valence-corrected chi connectivity index (χ4v) is 2.45. The lowest BCUT2D eigenvalue weighted by Crippen LogP contribution is -2.33. The van der Waals surface area contributed by atoms with Crippen molar-refractivity contribution in [2.24, 2.45) is 0 Å². The number of carbonyl (C=O) groups excluding carboxylic acids is 1. The lowest BCUT2D eigenvalue weighted by Gasteiger charge is -2.21. The molecule has 10 heteroatoms. The molecular weight excluding hydrogens is 364 g/mol. The van der Waals surface area contributed by atoms with Crippen LogP contribution in [0.5, 0.6) is 0 Å². The molecule has 0 aromatic heterocycles. The smallest absolute Gasteiger partial charge is 0.378 e. The van der Waals surface area contributed by atoms with Gasteiger partial charge in [0, 0.05) is 14.2 Å². The highest BCUT2D eigenvalue weighted by Crippen LogP contribution is 2.34. The van der Waals surface area contributed by atoms with Crippen LogP contribution >= 0.6 is 0 Å². The Balaban J connectivity index is 2.00. The Morgan fingerprint density at radius 1 is 1.00 bits per heavy atom. The maximum atomic E-state index is 12.2. The van der Waals surface area contributed by atoms with Crippen molar-refractivity contribution in [3.63, 3.8) is 0 Å². The summed E-state index contributed by atoms with van der Waals surface area (Å²) in [5, 5.41) is 0. The average molecular weight is 392 g/mol. The first-order valence-electron chi connectivity index (χ1n) is 8.64. The summed E-state index contributed by atoms with van der Waals surface area (Å²) in [6.07, 6.45) is -1.31. The summed E-state index contributed by atoms with van der Waals surface area (Å²) >= 11 is 0. The lowest BCUT2D eigenvalue weighted by atomic mass is 10.2. The van der Waals surface area contributed by atoms with Gasteiger partial charge in [0.15, 0.2) is 31.2 Å². The van der Waals surface area contributed by atoms with Crippen molar-refractivity contribution in [3.05, 3.63) is 11.5 Å². The molecule has 1 saturated heterocycles. The van der Waals surface area contributed by atoms with E-state index in [4.69, 9.17) is 42.6 Å². The summed E-state index contributed by atoms with van der Waals surface area (Å²) in [5.74, 6) is -1.31. The minimum absolute atomic E-state index is 0.0685. The Labute approximate surface area is 158 Å². The molecule has 2 aliphatic heterocycles. The molecule has 0 bridgehead atoms. The zero-order chi connectivity index (χ0) is 19.7. The highest BCUT2D eigenvalue weighted by molar-refractivity contribution is 5.89. The lowest BCUT2D eigenvalue weighted by molar-refractivity contribution is -0.165. The largest absolute Gasteiger partial charge is 0.464 e. The monoisotopic (exact) mass is 392 g/mol. The first kappa shape index (κ1) is 21.9. The van der Waals surface area contributed by atoms with Gasteiger partial charge in [0.25, 0.3) is 0 Å². The van der Waals surface area contributed by atoms with E-state index in [1.54, 1.807) is 28.1 Å². The van der Waals surface area contributed by atoms with Crippen LogP contribution in [0.4, 0.5) is 0 Å². The minimum atomic E-state index is -0.792. The Morgan fingerprint density at radius 2 is 1.63 bits per heavy atom. The fourth-order valence-electron chi connectivity index (χ4n) is 2.45. The maximum Gasteiger partial charge on any atom is 0.378 e. The Hall–Kier alpha value is -1.43. The predicted molar refractivity (Wildman–Crippen MR) is 89.4 cm³/mol. The average Bonchev–Trinajstić information content (AvgIpc) is 3.14. The highest BCUT2D eigenvalue weighted by atomic mass is 16.8. The van der Waals surface area contributed by atoms with E-state index in [1.165, 1.54) is 0 Å². The third-order valence-corrected chi connectivity index (χ3v) is 3.72. The van der Waals surface area contributed by atoms with Crippen LogP contribution in [0.3, 0.4) is 0 Å². The second kappa shape index (κ2) is 10.8. The number of methoxy groups -OCH3 is 2. The standard InChI is InChI=1S/C17H28O10/c1-17(2)25-9-12(27-17)13-14(23-10-21-7-5-19-3)15(16(18)26-13)24-11-22-8-6-20-4/h12-13H,5-11H2,1-4H3/t12-,13+/m0/s1. The van der Waals surface area contributed by atoms with Crippen LogP contribution in [0.15, 0.2) is 11.5 Å². The highest BCUT2D eigenvalue weighted by Gasteiger charge is 2.48. The second-order valence-corrected chi connectivity index (χ2v) is 6.21. The zero-order valence-electron chi connectivity index (χ0n) is 16.2. The molecule has 2 aliphatic rings. The molecule has 0 N–H and O–H groups in total. The molecule has 2 rings (SSSR count). The summed E-state index contributed by atoms with van der Waals surface area (Å²) in [5.41, 5.74) is 0. The summed E-state index contributed by atoms with van der Waals surface area (Å²) in [7, 11) is 3.13. The third kappa shape index (κ3) is 6.59. The van der Waals surface area contributed by atoms with Crippen molar-refractivity contribution in [1.82, 2.24) is 0 Å². The van der Waals surface area contributed by atoms with Crippen LogP contribution in [0.2, 0.25) is 0 Å². The molecule has 2 heterocycles. The van der Waals surface area contributed by atoms with Crippen LogP contribution in [-0.2, 0) is 47.4 Å². The van der Waals surface area contributed by atoms with E-state index in [-0.39, 0.29) is 31.7 Å². The van der Waals surface area contributed by atoms with Gasteiger partial charge >= 0.3 is 5.97 Å². The molecule has 0 aliphatic carbocycles. The van der Waals surface area contributed by atoms with Crippen LogP contribution in [-0.4, -0.2) is 84.8 Å². The quantitative estimate of drug-likeness (QED) is 0.251. The van der Waals surface area contributed by atoms with Gasteiger partial charge in [0.05, 0.1) is 33.0 Å². The Bertz CT molecular complexity index is 504. The van der Waals surface area contributed by atoms with Crippen molar-refractivity contribution < 1.29 is 47.4 Å².